The van der Waals surface area contributed by atoms with Gasteiger partial charge in [-0.1, -0.05) is 69.9 Å². The Hall–Kier alpha value is -2.87. The standard InChI is InChI=1S/C33H47FN4O3/c34-41-30-14-7-6-13-27(30)32(40)38-20-15-25(16-21-38)12-8-11-19-35-31(39)28-22-26-24-36-33(23-29(26)37-28)17-9-4-2-1-3-5-10-18-33/h6-7,13-14,22,25,36-37H,1-5,8-12,15-21,23-24H2,(H,35,39). The third kappa shape index (κ3) is 7.70. The van der Waals surface area contributed by atoms with E-state index in [1.807, 2.05) is 6.07 Å². The number of carbonyl (C=O) groups excluding carboxylic acids is 2. The van der Waals surface area contributed by atoms with E-state index in [0.717, 1.165) is 45.1 Å². The third-order valence-corrected chi connectivity index (χ3v) is 9.64. The van der Waals surface area contributed by atoms with Crippen molar-refractivity contribution in [1.29, 1.82) is 0 Å². The number of carbonyl (C=O) groups is 2. The number of H-pyrrole nitrogens is 1. The smallest absolute Gasteiger partial charge is 0.267 e. The third-order valence-electron chi connectivity index (χ3n) is 9.64. The molecule has 0 radical (unpaired) electrons. The molecular weight excluding hydrogens is 519 g/mol. The van der Waals surface area contributed by atoms with Crippen LogP contribution in [0.1, 0.15) is 122 Å². The second-order valence-corrected chi connectivity index (χ2v) is 12.5. The van der Waals surface area contributed by atoms with E-state index in [-0.39, 0.29) is 28.7 Å². The summed E-state index contributed by atoms with van der Waals surface area (Å²) in [6.45, 7) is 2.87. The number of likely N-dealkylation sites (tertiary alicyclic amines) is 1. The van der Waals surface area contributed by atoms with E-state index in [9.17, 15) is 14.1 Å². The number of piperidine rings is 1. The summed E-state index contributed by atoms with van der Waals surface area (Å²) in [6.07, 6.45) is 17.8. The van der Waals surface area contributed by atoms with Gasteiger partial charge in [-0.25, -0.2) is 0 Å². The average molecular weight is 567 g/mol. The molecule has 1 aliphatic carbocycles. The van der Waals surface area contributed by atoms with E-state index in [1.54, 1.807) is 23.1 Å². The number of para-hydroxylation sites is 1. The van der Waals surface area contributed by atoms with Gasteiger partial charge in [-0.3, -0.25) is 14.5 Å². The molecule has 3 heterocycles. The molecule has 2 fully saturated rings. The van der Waals surface area contributed by atoms with Crippen LogP contribution in [0.3, 0.4) is 0 Å². The van der Waals surface area contributed by atoms with Crippen molar-refractivity contribution in [1.82, 2.24) is 20.5 Å². The number of nitrogens with zero attached hydrogens (tertiary/aromatic N) is 1. The molecule has 7 nitrogen and oxygen atoms in total. The first-order valence-corrected chi connectivity index (χ1v) is 16.0. The highest BCUT2D eigenvalue weighted by molar-refractivity contribution is 5.97. The van der Waals surface area contributed by atoms with Crippen LogP contribution >= 0.6 is 0 Å². The summed E-state index contributed by atoms with van der Waals surface area (Å²) in [4.78, 5) is 34.9. The quantitative estimate of drug-likeness (QED) is 0.313. The van der Waals surface area contributed by atoms with Gasteiger partial charge in [0.2, 0.25) is 0 Å². The van der Waals surface area contributed by atoms with Crippen LogP contribution in [-0.2, 0) is 13.0 Å². The van der Waals surface area contributed by atoms with Gasteiger partial charge in [0.25, 0.3) is 11.8 Å². The van der Waals surface area contributed by atoms with Crippen LogP contribution < -0.4 is 15.6 Å². The Balaban J connectivity index is 1.01. The second-order valence-electron chi connectivity index (χ2n) is 12.5. The van der Waals surface area contributed by atoms with E-state index in [4.69, 9.17) is 0 Å². The van der Waals surface area contributed by atoms with Gasteiger partial charge >= 0.3 is 0 Å². The van der Waals surface area contributed by atoms with Crippen LogP contribution in [-0.4, -0.2) is 46.9 Å². The fourth-order valence-electron chi connectivity index (χ4n) is 7.11. The number of fused-ring (bicyclic) bond motifs is 1. The highest BCUT2D eigenvalue weighted by Gasteiger charge is 2.35. The van der Waals surface area contributed by atoms with Crippen LogP contribution in [0.15, 0.2) is 30.3 Å². The summed E-state index contributed by atoms with van der Waals surface area (Å²) in [6, 6.07) is 8.49. The van der Waals surface area contributed by atoms with E-state index < -0.39 is 0 Å². The molecule has 2 aromatic rings. The Bertz CT molecular complexity index is 1150. The summed E-state index contributed by atoms with van der Waals surface area (Å²) >= 11 is 0. The zero-order chi connectivity index (χ0) is 28.5. The minimum absolute atomic E-state index is 0.0104. The Labute approximate surface area is 243 Å². The van der Waals surface area contributed by atoms with Gasteiger partial charge in [-0.15, -0.1) is 0 Å². The first-order chi connectivity index (χ1) is 20.1. The summed E-state index contributed by atoms with van der Waals surface area (Å²) in [5, 5.41) is 6.99. The van der Waals surface area contributed by atoms with Crippen molar-refractivity contribution < 1.29 is 19.1 Å². The fraction of sp³-hybridized carbons (Fsp3) is 0.636. The van der Waals surface area contributed by atoms with E-state index >= 15 is 0 Å². The lowest BCUT2D eigenvalue weighted by atomic mass is 9.79. The molecule has 0 bridgehead atoms. The Kier molecular flexibility index (Phi) is 10.4. The number of aromatic nitrogens is 1. The van der Waals surface area contributed by atoms with Gasteiger partial charge in [-0.05, 0) is 61.8 Å². The maximum absolute atomic E-state index is 12.9. The molecule has 1 aromatic carbocycles. The van der Waals surface area contributed by atoms with Crippen molar-refractivity contribution in [3.8, 4) is 5.75 Å². The molecule has 3 aliphatic rings. The van der Waals surface area contributed by atoms with Crippen molar-refractivity contribution in [2.75, 3.05) is 19.6 Å². The summed E-state index contributed by atoms with van der Waals surface area (Å²) < 4.78 is 12.8. The van der Waals surface area contributed by atoms with Gasteiger partial charge in [0.1, 0.15) is 5.69 Å². The first kappa shape index (κ1) is 29.6. The highest BCUT2D eigenvalue weighted by atomic mass is 19.3. The van der Waals surface area contributed by atoms with E-state index in [2.05, 4.69) is 20.6 Å². The lowest BCUT2D eigenvalue weighted by Crippen LogP contribution is -2.49. The molecule has 224 valence electrons. The van der Waals surface area contributed by atoms with Crippen molar-refractivity contribution in [3.05, 3.63) is 52.8 Å². The van der Waals surface area contributed by atoms with Crippen molar-refractivity contribution >= 4 is 11.8 Å². The van der Waals surface area contributed by atoms with Crippen LogP contribution in [0.4, 0.5) is 4.53 Å². The topological polar surface area (TPSA) is 86.5 Å². The summed E-state index contributed by atoms with van der Waals surface area (Å²) in [7, 11) is 0. The zero-order valence-electron chi connectivity index (χ0n) is 24.4. The number of benzene rings is 1. The average Bonchev–Trinajstić information content (AvgIpc) is 3.43. The highest BCUT2D eigenvalue weighted by Crippen LogP contribution is 2.33. The first-order valence-electron chi connectivity index (χ1n) is 16.0. The molecule has 2 aliphatic heterocycles. The summed E-state index contributed by atoms with van der Waals surface area (Å²) in [5.74, 6) is 0.359. The second kappa shape index (κ2) is 14.3. The number of hydrogen-bond donors (Lipinski definition) is 3. The van der Waals surface area contributed by atoms with Crippen LogP contribution in [0.25, 0.3) is 0 Å². The predicted octanol–water partition coefficient (Wildman–Crippen LogP) is 6.64. The van der Waals surface area contributed by atoms with Gasteiger partial charge < -0.3 is 20.5 Å². The normalized spacial score (nSPS) is 19.9. The maximum atomic E-state index is 12.9. The van der Waals surface area contributed by atoms with Crippen LogP contribution in [0.5, 0.6) is 5.75 Å². The minimum atomic E-state index is -0.174. The Morgan fingerprint density at radius 1 is 1.00 bits per heavy atom. The largest absolute Gasteiger partial charge is 0.354 e. The number of rotatable bonds is 8. The number of nitrogens with one attached hydrogen (secondary N) is 3. The number of hydrogen-bond acceptors (Lipinski definition) is 4. The molecule has 8 heteroatoms. The SMILES string of the molecule is O=C(NCCCCC1CCN(C(=O)c2ccccc2OF)CC1)c1cc2c([nH]1)CC1(CCCCCCCCC1)NC2. The number of aromatic amines is 1. The van der Waals surface area contributed by atoms with Gasteiger partial charge in [0, 0.05) is 48.4 Å². The molecule has 1 saturated carbocycles. The van der Waals surface area contributed by atoms with Gasteiger partial charge in [0.05, 0.1) is 5.56 Å². The monoisotopic (exact) mass is 566 g/mol. The number of amides is 2. The Morgan fingerprint density at radius 3 is 2.44 bits per heavy atom. The Morgan fingerprint density at radius 2 is 1.71 bits per heavy atom. The lowest BCUT2D eigenvalue weighted by molar-refractivity contribution is -0.00770. The van der Waals surface area contributed by atoms with Crippen molar-refractivity contribution in [3.63, 3.8) is 0 Å². The molecule has 5 rings (SSSR count). The molecule has 2 amide bonds. The fourth-order valence-corrected chi connectivity index (χ4v) is 7.11. The molecule has 0 atom stereocenters. The molecule has 1 spiro atoms. The van der Waals surface area contributed by atoms with Crippen LogP contribution in [0.2, 0.25) is 0 Å². The molecule has 0 unspecified atom stereocenters. The van der Waals surface area contributed by atoms with Gasteiger partial charge in [0.15, 0.2) is 5.75 Å². The maximum Gasteiger partial charge on any atom is 0.267 e. The van der Waals surface area contributed by atoms with E-state index in [0.29, 0.717) is 31.2 Å². The zero-order valence-corrected chi connectivity index (χ0v) is 24.4. The lowest BCUT2D eigenvalue weighted by Gasteiger charge is -2.39. The van der Waals surface area contributed by atoms with Gasteiger partial charge in [-0.2, -0.15) is 0 Å². The van der Waals surface area contributed by atoms with Crippen molar-refractivity contribution in [2.45, 2.75) is 108 Å². The molecule has 3 N–H and O–H groups in total. The minimum Gasteiger partial charge on any atom is -0.354 e. The molecule has 1 saturated heterocycles. The number of halogens is 1. The molecular formula is C33H47FN4O3. The molecule has 41 heavy (non-hydrogen) atoms. The van der Waals surface area contributed by atoms with Crippen LogP contribution in [0, 0.1) is 5.92 Å². The van der Waals surface area contributed by atoms with E-state index in [1.165, 1.54) is 75.1 Å². The number of unbranched alkanes of at least 4 members (excludes halogenated alkanes) is 1. The predicted molar refractivity (Wildman–Crippen MR) is 159 cm³/mol. The molecule has 1 aromatic heterocycles. The summed E-state index contributed by atoms with van der Waals surface area (Å²) in [5.41, 5.74) is 3.62. The van der Waals surface area contributed by atoms with Crippen molar-refractivity contribution in [2.24, 2.45) is 5.92 Å².